The Balaban J connectivity index is 1.57. The van der Waals surface area contributed by atoms with Crippen LogP contribution in [0.5, 0.6) is 0 Å². The molecule has 1 aliphatic carbocycles. The van der Waals surface area contributed by atoms with E-state index in [0.29, 0.717) is 34.5 Å². The Morgan fingerprint density at radius 1 is 1.19 bits per heavy atom. The molecule has 0 bridgehead atoms. The molecule has 0 saturated carbocycles. The van der Waals surface area contributed by atoms with Crippen LogP contribution in [0.25, 0.3) is 16.9 Å². The van der Waals surface area contributed by atoms with Gasteiger partial charge in [0, 0.05) is 17.9 Å². The predicted molar refractivity (Wildman–Crippen MR) is 141 cm³/mol. The third-order valence-electron chi connectivity index (χ3n) is 6.66. The number of anilines is 2. The Morgan fingerprint density at radius 3 is 2.69 bits per heavy atom. The van der Waals surface area contributed by atoms with Gasteiger partial charge < -0.3 is 15.3 Å². The molecule has 0 radical (unpaired) electrons. The number of aromatic nitrogens is 5. The number of pyridine rings is 1. The molecule has 0 amide bonds. The zero-order valence-corrected chi connectivity index (χ0v) is 21.1. The second-order valence-electron chi connectivity index (χ2n) is 9.99. The van der Waals surface area contributed by atoms with Crippen LogP contribution >= 0.6 is 0 Å². The third kappa shape index (κ3) is 4.31. The average Bonchev–Trinajstić information content (AvgIpc) is 3.38. The van der Waals surface area contributed by atoms with Gasteiger partial charge in [-0.1, -0.05) is 18.2 Å². The molecular formula is C27H31N7O2. The van der Waals surface area contributed by atoms with Gasteiger partial charge in [-0.3, -0.25) is 4.79 Å². The Bertz CT molecular complexity index is 1510. The minimum atomic E-state index is -1.14. The summed E-state index contributed by atoms with van der Waals surface area (Å²) < 4.78 is 3.18. The quantitative estimate of drug-likeness (QED) is 0.388. The molecule has 9 nitrogen and oxygen atoms in total. The molecule has 3 aromatic heterocycles. The summed E-state index contributed by atoms with van der Waals surface area (Å²) in [5, 5.41) is 14.2. The summed E-state index contributed by atoms with van der Waals surface area (Å²) in [6.45, 7) is 7.40. The molecule has 36 heavy (non-hydrogen) atoms. The van der Waals surface area contributed by atoms with Crippen molar-refractivity contribution < 1.29 is 5.11 Å². The number of hydrogen-bond donors (Lipinski definition) is 2. The van der Waals surface area contributed by atoms with Crippen molar-refractivity contribution in [3.05, 3.63) is 82.4 Å². The van der Waals surface area contributed by atoms with Crippen molar-refractivity contribution in [3.63, 3.8) is 0 Å². The van der Waals surface area contributed by atoms with Gasteiger partial charge in [0.15, 0.2) is 11.5 Å². The summed E-state index contributed by atoms with van der Waals surface area (Å²) in [5.74, 6) is 0.855. The van der Waals surface area contributed by atoms with Crippen molar-refractivity contribution in [1.29, 1.82) is 0 Å². The minimum absolute atomic E-state index is 0.237. The maximum atomic E-state index is 13.2. The van der Waals surface area contributed by atoms with E-state index in [1.165, 1.54) is 15.8 Å². The summed E-state index contributed by atoms with van der Waals surface area (Å²) >= 11 is 0. The molecule has 2 N–H and O–H groups in total. The molecule has 9 heteroatoms. The van der Waals surface area contributed by atoms with Crippen LogP contribution in [0.4, 0.5) is 11.6 Å². The van der Waals surface area contributed by atoms with Gasteiger partial charge in [-0.2, -0.15) is 4.98 Å². The molecule has 0 saturated heterocycles. The van der Waals surface area contributed by atoms with Gasteiger partial charge in [0.1, 0.15) is 11.0 Å². The normalized spacial score (nSPS) is 15.4. The van der Waals surface area contributed by atoms with Crippen molar-refractivity contribution in [2.24, 2.45) is 0 Å². The maximum absolute atomic E-state index is 13.2. The van der Waals surface area contributed by atoms with E-state index in [4.69, 9.17) is 4.98 Å². The number of aliphatic hydroxyl groups is 1. The van der Waals surface area contributed by atoms with Crippen LogP contribution in [0.1, 0.15) is 30.7 Å². The van der Waals surface area contributed by atoms with Crippen LogP contribution < -0.4 is 10.9 Å². The zero-order chi connectivity index (χ0) is 25.6. The van der Waals surface area contributed by atoms with Gasteiger partial charge in [0.25, 0.3) is 5.56 Å². The highest BCUT2D eigenvalue weighted by atomic mass is 16.3. The Morgan fingerprint density at radius 2 is 1.97 bits per heavy atom. The van der Waals surface area contributed by atoms with Gasteiger partial charge >= 0.3 is 0 Å². The number of nitrogens with zero attached hydrogens (tertiary/aromatic N) is 6. The van der Waals surface area contributed by atoms with Gasteiger partial charge in [0.2, 0.25) is 5.95 Å². The van der Waals surface area contributed by atoms with Crippen molar-refractivity contribution >= 4 is 22.7 Å². The predicted octanol–water partition coefficient (Wildman–Crippen LogP) is 3.16. The van der Waals surface area contributed by atoms with E-state index >= 15 is 0 Å². The summed E-state index contributed by atoms with van der Waals surface area (Å²) in [6, 6.07) is 12.2. The first kappa shape index (κ1) is 23.9. The van der Waals surface area contributed by atoms with Crippen LogP contribution in [0.2, 0.25) is 0 Å². The number of fused-ring (bicyclic) bond motifs is 2. The van der Waals surface area contributed by atoms with E-state index in [0.717, 1.165) is 18.5 Å². The molecule has 1 unspecified atom stereocenters. The minimum Gasteiger partial charge on any atom is -0.384 e. The van der Waals surface area contributed by atoms with Crippen molar-refractivity contribution in [1.82, 2.24) is 29.2 Å². The number of likely N-dealkylation sites (N-methyl/N-ethyl adjacent to an activating group) is 1. The van der Waals surface area contributed by atoms with Crippen molar-refractivity contribution in [2.75, 3.05) is 19.4 Å². The summed E-state index contributed by atoms with van der Waals surface area (Å²) in [7, 11) is 4.23. The van der Waals surface area contributed by atoms with E-state index in [1.54, 1.807) is 49.0 Å². The number of rotatable bonds is 7. The third-order valence-corrected chi connectivity index (χ3v) is 6.66. The largest absolute Gasteiger partial charge is 0.384 e. The van der Waals surface area contributed by atoms with E-state index in [1.807, 2.05) is 6.07 Å². The molecule has 4 aromatic rings. The molecule has 0 fully saturated rings. The Labute approximate surface area is 209 Å². The number of benzene rings is 1. The van der Waals surface area contributed by atoms with Gasteiger partial charge in [0.05, 0.1) is 12.2 Å². The second kappa shape index (κ2) is 9.00. The molecule has 5 rings (SSSR count). The molecule has 1 atom stereocenters. The highest BCUT2D eigenvalue weighted by Crippen LogP contribution is 2.28. The average molecular weight is 486 g/mol. The summed E-state index contributed by atoms with van der Waals surface area (Å²) in [5.41, 5.74) is 3.12. The second-order valence-corrected chi connectivity index (χ2v) is 9.99. The SMILES string of the molecule is C=CCn1c(=O)c2cnc(Nc3ccc4c(c3)CC(N(C)C)C4)nc2n1-c1cccc(C(C)(C)O)n1. The first-order valence-electron chi connectivity index (χ1n) is 12.0. The van der Waals surface area contributed by atoms with Crippen LogP contribution in [0.3, 0.4) is 0 Å². The van der Waals surface area contributed by atoms with Crippen LogP contribution in [0, 0.1) is 0 Å². The monoisotopic (exact) mass is 485 g/mol. The maximum Gasteiger partial charge on any atom is 0.278 e. The molecule has 0 spiro atoms. The van der Waals surface area contributed by atoms with Crippen LogP contribution in [0.15, 0.2) is 60.0 Å². The molecule has 0 aliphatic heterocycles. The number of nitrogens with one attached hydrogen (secondary N) is 1. The molecule has 1 aliphatic rings. The van der Waals surface area contributed by atoms with Gasteiger partial charge in [-0.05, 0) is 76.2 Å². The molecule has 186 valence electrons. The summed E-state index contributed by atoms with van der Waals surface area (Å²) in [4.78, 5) is 29.2. The highest BCUT2D eigenvalue weighted by Gasteiger charge is 2.24. The van der Waals surface area contributed by atoms with E-state index < -0.39 is 5.60 Å². The fourth-order valence-electron chi connectivity index (χ4n) is 4.66. The fourth-order valence-corrected chi connectivity index (χ4v) is 4.66. The van der Waals surface area contributed by atoms with Gasteiger partial charge in [-0.15, -0.1) is 6.58 Å². The van der Waals surface area contributed by atoms with Crippen LogP contribution in [-0.4, -0.2) is 54.5 Å². The van der Waals surface area contributed by atoms with E-state index in [-0.39, 0.29) is 12.1 Å². The molecule has 3 heterocycles. The molecule has 1 aromatic carbocycles. The Hall–Kier alpha value is -3.82. The van der Waals surface area contributed by atoms with E-state index in [9.17, 15) is 9.90 Å². The first-order valence-corrected chi connectivity index (χ1v) is 12.0. The lowest BCUT2D eigenvalue weighted by molar-refractivity contribution is 0.0738. The fraction of sp³-hybridized carbons (Fsp3) is 0.333. The lowest BCUT2D eigenvalue weighted by Gasteiger charge is -2.18. The topological polar surface area (TPSA) is 101 Å². The van der Waals surface area contributed by atoms with E-state index in [2.05, 4.69) is 53.0 Å². The van der Waals surface area contributed by atoms with Crippen molar-refractivity contribution in [2.45, 2.75) is 44.9 Å². The van der Waals surface area contributed by atoms with Gasteiger partial charge in [-0.25, -0.2) is 19.3 Å². The lowest BCUT2D eigenvalue weighted by atomic mass is 10.1. The smallest absolute Gasteiger partial charge is 0.278 e. The first-order chi connectivity index (χ1) is 17.2. The standard InChI is InChI=1S/C27H31N7O2/c1-6-12-33-25(35)21-16-28-26(29-19-11-10-17-14-20(32(4)5)15-18(17)13-19)31-24(21)34(33)23-9-7-8-22(30-23)27(2,3)36/h6-11,13,16,20,36H,1,12,14-15H2,2-5H3,(H,28,29,31). The van der Waals surface area contributed by atoms with Crippen LogP contribution in [-0.2, 0) is 25.0 Å². The summed E-state index contributed by atoms with van der Waals surface area (Å²) in [6.07, 6.45) is 5.24. The Kier molecular flexibility index (Phi) is 5.97. The highest BCUT2D eigenvalue weighted by molar-refractivity contribution is 5.77. The van der Waals surface area contributed by atoms with Crippen molar-refractivity contribution in [3.8, 4) is 5.82 Å². The lowest BCUT2D eigenvalue weighted by Crippen LogP contribution is -2.27. The zero-order valence-electron chi connectivity index (χ0n) is 21.1. The number of allylic oxidation sites excluding steroid dienone is 1. The number of hydrogen-bond acceptors (Lipinski definition) is 7. The molecular weight excluding hydrogens is 454 g/mol.